The highest BCUT2D eigenvalue weighted by atomic mass is 16.2. The molecule has 2 atom stereocenters. The Kier molecular flexibility index (Phi) is 5.06. The van der Waals surface area contributed by atoms with Gasteiger partial charge in [-0.3, -0.25) is 19.3 Å². The second-order valence-electron chi connectivity index (χ2n) is 8.33. The third kappa shape index (κ3) is 3.52. The fourth-order valence-electron chi connectivity index (χ4n) is 4.82. The number of imide groups is 1. The van der Waals surface area contributed by atoms with Crippen LogP contribution in [0.2, 0.25) is 0 Å². The molecule has 6 nitrogen and oxygen atoms in total. The van der Waals surface area contributed by atoms with Crippen LogP contribution in [0.1, 0.15) is 23.2 Å². The number of para-hydroxylation sites is 1. The zero-order valence-corrected chi connectivity index (χ0v) is 17.3. The molecular weight excluding hydrogens is 390 g/mol. The van der Waals surface area contributed by atoms with Crippen LogP contribution in [0.25, 0.3) is 0 Å². The van der Waals surface area contributed by atoms with Crippen LogP contribution in [0.4, 0.5) is 11.4 Å². The monoisotopic (exact) mass is 415 g/mol. The molecule has 6 heteroatoms. The minimum atomic E-state index is -0.275. The van der Waals surface area contributed by atoms with Crippen LogP contribution in [0, 0.1) is 11.8 Å². The van der Waals surface area contributed by atoms with Crippen molar-refractivity contribution in [1.29, 1.82) is 0 Å². The Hall–Kier alpha value is -3.41. The van der Waals surface area contributed by atoms with Crippen LogP contribution in [0.3, 0.4) is 0 Å². The van der Waals surface area contributed by atoms with E-state index in [1.54, 1.807) is 24.3 Å². The highest BCUT2D eigenvalue weighted by Gasteiger charge is 2.47. The molecule has 158 valence electrons. The molecule has 31 heavy (non-hydrogen) atoms. The van der Waals surface area contributed by atoms with Gasteiger partial charge < -0.3 is 9.80 Å². The molecule has 5 rings (SSSR count). The first-order chi connectivity index (χ1) is 15.1. The second kappa shape index (κ2) is 8.02. The summed E-state index contributed by atoms with van der Waals surface area (Å²) >= 11 is 0. The normalized spacial score (nSPS) is 23.3. The summed E-state index contributed by atoms with van der Waals surface area (Å²) in [6.07, 6.45) is 5.17. The molecule has 3 aliphatic rings. The van der Waals surface area contributed by atoms with Crippen molar-refractivity contribution in [1.82, 2.24) is 4.90 Å². The molecule has 2 heterocycles. The van der Waals surface area contributed by atoms with Gasteiger partial charge in [0, 0.05) is 37.4 Å². The topological polar surface area (TPSA) is 60.9 Å². The zero-order chi connectivity index (χ0) is 21.4. The lowest BCUT2D eigenvalue weighted by molar-refractivity contribution is -0.122. The highest BCUT2D eigenvalue weighted by Crippen LogP contribution is 2.37. The molecule has 0 saturated carbocycles. The number of carbonyl (C=O) groups is 3. The number of hydrogen-bond acceptors (Lipinski definition) is 4. The number of anilines is 2. The van der Waals surface area contributed by atoms with Crippen molar-refractivity contribution >= 4 is 29.1 Å². The Morgan fingerprint density at radius 1 is 0.742 bits per heavy atom. The predicted molar refractivity (Wildman–Crippen MR) is 119 cm³/mol. The molecule has 0 bridgehead atoms. The Morgan fingerprint density at radius 3 is 2.00 bits per heavy atom. The minimum Gasteiger partial charge on any atom is -0.368 e. The average Bonchev–Trinajstić information content (AvgIpc) is 3.09. The van der Waals surface area contributed by atoms with Crippen molar-refractivity contribution in [3.63, 3.8) is 0 Å². The van der Waals surface area contributed by atoms with E-state index < -0.39 is 0 Å². The van der Waals surface area contributed by atoms with Crippen LogP contribution in [0.5, 0.6) is 0 Å². The highest BCUT2D eigenvalue weighted by molar-refractivity contribution is 6.22. The maximum Gasteiger partial charge on any atom is 0.254 e. The summed E-state index contributed by atoms with van der Waals surface area (Å²) in [4.78, 5) is 44.3. The van der Waals surface area contributed by atoms with Gasteiger partial charge in [-0.15, -0.1) is 0 Å². The molecule has 2 saturated heterocycles. The summed E-state index contributed by atoms with van der Waals surface area (Å²) in [6.45, 7) is 2.81. The maximum atomic E-state index is 13.1. The van der Waals surface area contributed by atoms with Gasteiger partial charge in [-0.25, -0.2) is 0 Å². The van der Waals surface area contributed by atoms with Gasteiger partial charge in [-0.1, -0.05) is 36.4 Å². The molecule has 0 radical (unpaired) electrons. The molecule has 0 spiro atoms. The van der Waals surface area contributed by atoms with Crippen LogP contribution in [-0.4, -0.2) is 48.8 Å². The number of fused-ring (bicyclic) bond motifs is 1. The van der Waals surface area contributed by atoms with Crippen molar-refractivity contribution in [2.75, 3.05) is 36.0 Å². The maximum absolute atomic E-state index is 13.1. The summed E-state index contributed by atoms with van der Waals surface area (Å²) in [6, 6.07) is 17.1. The van der Waals surface area contributed by atoms with Gasteiger partial charge in [-0.05, 0) is 43.2 Å². The second-order valence-corrected chi connectivity index (χ2v) is 8.33. The number of carbonyl (C=O) groups excluding carboxylic acids is 3. The number of allylic oxidation sites excluding steroid dienone is 2. The first-order valence-electron chi connectivity index (χ1n) is 10.9. The van der Waals surface area contributed by atoms with E-state index in [-0.39, 0.29) is 29.6 Å². The lowest BCUT2D eigenvalue weighted by Crippen LogP contribution is -2.48. The molecule has 2 fully saturated rings. The summed E-state index contributed by atoms with van der Waals surface area (Å²) in [5.74, 6) is -0.917. The Morgan fingerprint density at radius 2 is 1.35 bits per heavy atom. The van der Waals surface area contributed by atoms with Crippen LogP contribution >= 0.6 is 0 Å². The van der Waals surface area contributed by atoms with E-state index in [9.17, 15) is 14.4 Å². The fraction of sp³-hybridized carbons (Fsp3) is 0.320. The Balaban J connectivity index is 1.30. The first kappa shape index (κ1) is 19.5. The molecule has 2 aliphatic heterocycles. The van der Waals surface area contributed by atoms with Crippen LogP contribution in [0.15, 0.2) is 66.7 Å². The summed E-state index contributed by atoms with van der Waals surface area (Å²) in [5, 5.41) is 0. The molecule has 0 aromatic heterocycles. The van der Waals surface area contributed by atoms with Gasteiger partial charge in [0.05, 0.1) is 17.5 Å². The molecule has 0 N–H and O–H groups in total. The lowest BCUT2D eigenvalue weighted by Gasteiger charge is -2.36. The first-order valence-corrected chi connectivity index (χ1v) is 10.9. The summed E-state index contributed by atoms with van der Waals surface area (Å²) in [7, 11) is 0. The van der Waals surface area contributed by atoms with E-state index >= 15 is 0 Å². The van der Waals surface area contributed by atoms with Crippen LogP contribution < -0.4 is 9.80 Å². The van der Waals surface area contributed by atoms with Gasteiger partial charge in [0.25, 0.3) is 5.91 Å². The van der Waals surface area contributed by atoms with Crippen molar-refractivity contribution in [2.24, 2.45) is 11.8 Å². The molecule has 1 aliphatic carbocycles. The van der Waals surface area contributed by atoms with E-state index in [1.165, 1.54) is 10.6 Å². The van der Waals surface area contributed by atoms with Crippen molar-refractivity contribution < 1.29 is 14.4 Å². The number of hydrogen-bond donors (Lipinski definition) is 0. The summed E-state index contributed by atoms with van der Waals surface area (Å²) in [5.41, 5.74) is 2.18. The zero-order valence-electron chi connectivity index (χ0n) is 17.3. The van der Waals surface area contributed by atoms with Crippen LogP contribution in [-0.2, 0) is 9.59 Å². The molecule has 2 aromatic carbocycles. The number of benzene rings is 2. The third-order valence-electron chi connectivity index (χ3n) is 6.55. The smallest absolute Gasteiger partial charge is 0.254 e. The molecule has 0 unspecified atom stereocenters. The van der Waals surface area contributed by atoms with Gasteiger partial charge in [-0.2, -0.15) is 0 Å². The van der Waals surface area contributed by atoms with Gasteiger partial charge >= 0.3 is 0 Å². The van der Waals surface area contributed by atoms with E-state index in [2.05, 4.69) is 17.0 Å². The third-order valence-corrected chi connectivity index (χ3v) is 6.55. The standard InChI is InChI=1S/C25H25N3O3/c29-23(27-15-13-26(14-16-27)19-8-2-1-3-9-19)18-7-6-10-20(17-18)28-24(30)21-11-4-5-12-22(21)25(28)31/h1-10,17,21-22H,11-16H2/t21-,22-/m1/s1. The van der Waals surface area contributed by atoms with E-state index in [0.717, 1.165) is 13.1 Å². The van der Waals surface area contributed by atoms with Gasteiger partial charge in [0.2, 0.25) is 11.8 Å². The molecular formula is C25H25N3O3. The number of nitrogens with zero attached hydrogens (tertiary/aromatic N) is 3. The van der Waals surface area contributed by atoms with Crippen molar-refractivity contribution in [3.8, 4) is 0 Å². The number of piperazine rings is 1. The largest absolute Gasteiger partial charge is 0.368 e. The van der Waals surface area contributed by atoms with Crippen molar-refractivity contribution in [3.05, 3.63) is 72.3 Å². The fourth-order valence-corrected chi connectivity index (χ4v) is 4.82. The number of amides is 3. The molecule has 2 aromatic rings. The van der Waals surface area contributed by atoms with Gasteiger partial charge in [0.1, 0.15) is 0 Å². The number of rotatable bonds is 3. The quantitative estimate of drug-likeness (QED) is 0.571. The van der Waals surface area contributed by atoms with Crippen molar-refractivity contribution in [2.45, 2.75) is 12.8 Å². The lowest BCUT2D eigenvalue weighted by atomic mass is 9.85. The van der Waals surface area contributed by atoms with E-state index in [1.807, 2.05) is 35.3 Å². The average molecular weight is 415 g/mol. The minimum absolute atomic E-state index is 0.0623. The molecule has 3 amide bonds. The Labute approximate surface area is 181 Å². The van der Waals surface area contributed by atoms with Gasteiger partial charge in [0.15, 0.2) is 0 Å². The van der Waals surface area contributed by atoms with E-state index in [4.69, 9.17) is 0 Å². The Bertz CT molecular complexity index is 1010. The predicted octanol–water partition coefficient (Wildman–Crippen LogP) is 3.10. The van der Waals surface area contributed by atoms with E-state index in [0.29, 0.717) is 37.2 Å². The SMILES string of the molecule is O=C(c1cccc(N2C(=O)[C@@H]3CC=CC[C@H]3C2=O)c1)N1CCN(c2ccccc2)CC1. The summed E-state index contributed by atoms with van der Waals surface area (Å²) < 4.78 is 0.